The quantitative estimate of drug-likeness (QED) is 0.237. The molecule has 0 radical (unpaired) electrons. The summed E-state index contributed by atoms with van der Waals surface area (Å²) in [4.78, 5) is 12.6. The third-order valence-corrected chi connectivity index (χ3v) is 7.52. The van der Waals surface area contributed by atoms with Crippen LogP contribution in [0.1, 0.15) is 29.8 Å². The number of ether oxygens (including phenoxy) is 1. The molecule has 1 N–H and O–H groups in total. The molecule has 1 atom stereocenters. The average Bonchev–Trinajstić information content (AvgIpc) is 3.34. The van der Waals surface area contributed by atoms with E-state index in [1.807, 2.05) is 103 Å². The number of hydrogen-bond donors (Lipinski definition) is 1. The number of para-hydroxylation sites is 5. The molecule has 0 bridgehead atoms. The first-order chi connectivity index (χ1) is 20.1. The highest BCUT2D eigenvalue weighted by Gasteiger charge is 2.41. The van der Waals surface area contributed by atoms with E-state index in [4.69, 9.17) is 31.4 Å². The van der Waals surface area contributed by atoms with Gasteiger partial charge in [0.05, 0.1) is 41.1 Å². The maximum Gasteiger partial charge on any atom is 0.179 e. The summed E-state index contributed by atoms with van der Waals surface area (Å²) in [6.07, 6.45) is 0. The van der Waals surface area contributed by atoms with E-state index < -0.39 is 0 Å². The molecule has 0 saturated heterocycles. The Kier molecular flexibility index (Phi) is 6.29. The van der Waals surface area contributed by atoms with Gasteiger partial charge in [0.15, 0.2) is 17.5 Å². The van der Waals surface area contributed by atoms with Crippen molar-refractivity contribution in [1.29, 1.82) is 0 Å². The van der Waals surface area contributed by atoms with Crippen LogP contribution in [0.2, 0.25) is 5.02 Å². The van der Waals surface area contributed by atoms with Gasteiger partial charge in [-0.1, -0.05) is 66.2 Å². The molecule has 7 nitrogen and oxygen atoms in total. The first-order valence-corrected chi connectivity index (χ1v) is 14.0. The van der Waals surface area contributed by atoms with E-state index in [9.17, 15) is 0 Å². The Bertz CT molecular complexity index is 1810. The third kappa shape index (κ3) is 4.35. The van der Waals surface area contributed by atoms with Crippen LogP contribution in [0.4, 0.5) is 22.9 Å². The molecule has 0 aliphatic carbocycles. The Morgan fingerprint density at radius 1 is 0.854 bits per heavy atom. The second-order valence-electron chi connectivity index (χ2n) is 9.83. The molecule has 3 heterocycles. The van der Waals surface area contributed by atoms with Gasteiger partial charge in [0.25, 0.3) is 0 Å². The normalized spacial score (nSPS) is 15.3. The summed E-state index contributed by atoms with van der Waals surface area (Å²) in [7, 11) is 0. The smallest absolute Gasteiger partial charge is 0.179 e. The number of amidine groups is 2. The fourth-order valence-electron chi connectivity index (χ4n) is 5.49. The number of halogens is 1. The van der Waals surface area contributed by atoms with Crippen molar-refractivity contribution in [2.75, 3.05) is 16.8 Å². The summed E-state index contributed by atoms with van der Waals surface area (Å²) >= 11 is 6.34. The monoisotopic (exact) mass is 558 g/mol. The predicted molar refractivity (Wildman–Crippen MR) is 166 cm³/mol. The summed E-state index contributed by atoms with van der Waals surface area (Å²) in [6.45, 7) is 4.57. The molecule has 2 aliphatic rings. The van der Waals surface area contributed by atoms with Crippen LogP contribution in [-0.4, -0.2) is 28.1 Å². The topological polar surface area (TPSA) is 67.0 Å². The van der Waals surface area contributed by atoms with Crippen LogP contribution in [0, 0.1) is 6.92 Å². The summed E-state index contributed by atoms with van der Waals surface area (Å²) in [5, 5.41) is 9.23. The average molecular weight is 559 g/mol. The van der Waals surface area contributed by atoms with Gasteiger partial charge in [-0.3, -0.25) is 0 Å². The van der Waals surface area contributed by atoms with Crippen molar-refractivity contribution >= 4 is 46.2 Å². The molecular formula is C33H27ClN6O. The maximum atomic E-state index is 6.34. The number of rotatable bonds is 5. The Balaban J connectivity index is 1.48. The highest BCUT2D eigenvalue weighted by atomic mass is 35.5. The van der Waals surface area contributed by atoms with Crippen molar-refractivity contribution in [3.05, 3.63) is 125 Å². The minimum absolute atomic E-state index is 0.220. The Hall–Kier alpha value is -4.88. The molecule has 2 aliphatic heterocycles. The molecule has 0 spiro atoms. The van der Waals surface area contributed by atoms with Gasteiger partial charge in [-0.2, -0.15) is 5.10 Å². The van der Waals surface area contributed by atoms with E-state index >= 15 is 0 Å². The number of anilines is 2. The van der Waals surface area contributed by atoms with Crippen LogP contribution < -0.4 is 15.0 Å². The van der Waals surface area contributed by atoms with Crippen LogP contribution in [0.15, 0.2) is 113 Å². The number of aromatic nitrogens is 2. The maximum absolute atomic E-state index is 6.34. The number of fused-ring (bicyclic) bond motifs is 4. The first-order valence-electron chi connectivity index (χ1n) is 13.6. The van der Waals surface area contributed by atoms with Crippen molar-refractivity contribution in [3.8, 4) is 11.4 Å². The lowest BCUT2D eigenvalue weighted by molar-refractivity contribution is 0.342. The van der Waals surface area contributed by atoms with E-state index in [2.05, 4.69) is 28.4 Å². The van der Waals surface area contributed by atoms with E-state index in [1.54, 1.807) is 0 Å². The zero-order valence-corrected chi connectivity index (χ0v) is 23.4. The van der Waals surface area contributed by atoms with Crippen LogP contribution >= 0.6 is 11.6 Å². The molecule has 1 aromatic heterocycles. The van der Waals surface area contributed by atoms with Crippen molar-refractivity contribution < 1.29 is 4.74 Å². The largest absolute Gasteiger partial charge is 0.492 e. The molecule has 0 amide bonds. The molecule has 0 fully saturated rings. The second kappa shape index (κ2) is 10.3. The minimum atomic E-state index is -0.220. The third-order valence-electron chi connectivity index (χ3n) is 7.26. The van der Waals surface area contributed by atoms with Crippen molar-refractivity contribution in [2.24, 2.45) is 9.98 Å². The number of hydrogen-bond acceptors (Lipinski definition) is 6. The van der Waals surface area contributed by atoms with Gasteiger partial charge >= 0.3 is 0 Å². The number of aliphatic imine (C=N–C) groups is 2. The van der Waals surface area contributed by atoms with E-state index in [0.29, 0.717) is 23.3 Å². The SMILES string of the molecule is CCOc1ccccc1NC1=Nc2ccccc2N2C1=Nc1c(c(C)nn1-c1ccccc1)C2c1ccc(Cl)cc1. The summed E-state index contributed by atoms with van der Waals surface area (Å²) < 4.78 is 7.85. The summed E-state index contributed by atoms with van der Waals surface area (Å²) in [5.74, 6) is 2.84. The second-order valence-corrected chi connectivity index (χ2v) is 10.3. The Labute approximate surface area is 243 Å². The number of nitrogens with one attached hydrogen (secondary N) is 1. The Morgan fingerprint density at radius 3 is 2.39 bits per heavy atom. The van der Waals surface area contributed by atoms with Crippen LogP contribution in [0.5, 0.6) is 5.75 Å². The van der Waals surface area contributed by atoms with Crippen molar-refractivity contribution in [1.82, 2.24) is 9.78 Å². The lowest BCUT2D eigenvalue weighted by Crippen LogP contribution is -2.46. The number of nitrogens with zero attached hydrogens (tertiary/aromatic N) is 5. The minimum Gasteiger partial charge on any atom is -0.492 e. The molecule has 0 saturated carbocycles. The van der Waals surface area contributed by atoms with Gasteiger partial charge in [-0.25, -0.2) is 14.7 Å². The zero-order valence-electron chi connectivity index (χ0n) is 22.6. The molecule has 5 aromatic rings. The first kappa shape index (κ1) is 25.1. The van der Waals surface area contributed by atoms with Gasteiger partial charge in [0, 0.05) is 10.6 Å². The lowest BCUT2D eigenvalue weighted by Gasteiger charge is -2.40. The highest BCUT2D eigenvalue weighted by molar-refractivity contribution is 6.51. The standard InChI is InChI=1S/C33H27ClN6O/c1-3-41-28-16-10-8-14-26(28)36-31-33-37-32-29(21(2)38-40(32)24-11-5-4-6-12-24)30(22-17-19-23(34)20-18-22)39(33)27-15-9-7-13-25(27)35-31/h4-20,30H,3H2,1-2H3,(H,35,36). The fraction of sp³-hybridized carbons (Fsp3) is 0.121. The van der Waals surface area contributed by atoms with Gasteiger partial charge < -0.3 is 15.0 Å². The van der Waals surface area contributed by atoms with Crippen LogP contribution in [-0.2, 0) is 0 Å². The van der Waals surface area contributed by atoms with Crippen LogP contribution in [0.25, 0.3) is 5.69 Å². The van der Waals surface area contributed by atoms with Crippen molar-refractivity contribution in [2.45, 2.75) is 19.9 Å². The van der Waals surface area contributed by atoms with Gasteiger partial charge in [-0.15, -0.1) is 0 Å². The van der Waals surface area contributed by atoms with E-state index in [-0.39, 0.29) is 6.04 Å². The van der Waals surface area contributed by atoms with Crippen LogP contribution in [0.3, 0.4) is 0 Å². The van der Waals surface area contributed by atoms with Crippen molar-refractivity contribution in [3.63, 3.8) is 0 Å². The number of benzene rings is 4. The fourth-order valence-corrected chi connectivity index (χ4v) is 5.61. The van der Waals surface area contributed by atoms with E-state index in [0.717, 1.165) is 51.1 Å². The van der Waals surface area contributed by atoms with Gasteiger partial charge in [0.2, 0.25) is 0 Å². The van der Waals surface area contributed by atoms with Gasteiger partial charge in [-0.05, 0) is 67.9 Å². The van der Waals surface area contributed by atoms with E-state index in [1.165, 1.54) is 0 Å². The summed E-state index contributed by atoms with van der Waals surface area (Å²) in [5.41, 5.74) is 6.58. The molecule has 1 unspecified atom stereocenters. The number of aryl methyl sites for hydroxylation is 1. The van der Waals surface area contributed by atoms with Gasteiger partial charge in [0.1, 0.15) is 5.75 Å². The summed E-state index contributed by atoms with van der Waals surface area (Å²) in [6, 6.07) is 33.9. The predicted octanol–water partition coefficient (Wildman–Crippen LogP) is 8.03. The molecular weight excluding hydrogens is 532 g/mol. The molecule has 4 aromatic carbocycles. The lowest BCUT2D eigenvalue weighted by atomic mass is 9.93. The zero-order chi connectivity index (χ0) is 27.9. The Morgan fingerprint density at radius 2 is 1.59 bits per heavy atom. The highest BCUT2D eigenvalue weighted by Crippen LogP contribution is 2.48. The molecule has 7 rings (SSSR count). The molecule has 8 heteroatoms. The molecule has 202 valence electrons. The molecule has 41 heavy (non-hydrogen) atoms.